The molecule has 5 heteroatoms. The lowest BCUT2D eigenvalue weighted by Gasteiger charge is -2.02. The second-order valence-electron chi connectivity index (χ2n) is 2.97. The number of rotatable bonds is 5. The average Bonchev–Trinajstić information content (AvgIpc) is 2.86. The van der Waals surface area contributed by atoms with Gasteiger partial charge in [0.1, 0.15) is 0 Å². The molecule has 0 aliphatic heterocycles. The van der Waals surface area contributed by atoms with Crippen LogP contribution in [-0.4, -0.2) is 21.5 Å². The molecule has 0 bridgehead atoms. The van der Waals surface area contributed by atoms with Crippen molar-refractivity contribution in [2.45, 2.75) is 13.1 Å². The highest BCUT2D eigenvalue weighted by Crippen LogP contribution is 2.04. The van der Waals surface area contributed by atoms with Crippen LogP contribution in [0.3, 0.4) is 0 Å². The molecule has 0 atom stereocenters. The molecule has 0 aliphatic rings. The fourth-order valence-corrected chi connectivity index (χ4v) is 1.84. The number of thiophene rings is 1. The third-order valence-electron chi connectivity index (χ3n) is 1.90. The Bertz CT molecular complexity index is 305. The number of hydrogen-bond acceptors (Lipinski definition) is 4. The summed E-state index contributed by atoms with van der Waals surface area (Å²) < 4.78 is 1.82. The summed E-state index contributed by atoms with van der Waals surface area (Å²) in [6, 6.07) is 2.13. The number of nitrogens with one attached hydrogen (secondary N) is 1. The van der Waals surface area contributed by atoms with E-state index in [1.165, 1.54) is 5.56 Å². The molecule has 4 nitrogen and oxygen atoms in total. The summed E-state index contributed by atoms with van der Waals surface area (Å²) in [5.41, 5.74) is 1.34. The standard InChI is InChI=1S/C9H12N4S/c1-6-14-8-9(1)7-10-2-4-13-5-3-11-12-13/h1,3,5-6,8,10H,2,4,7H2. The third kappa shape index (κ3) is 2.65. The molecule has 2 aromatic heterocycles. The predicted molar refractivity (Wildman–Crippen MR) is 56.0 cm³/mol. The molecule has 0 amide bonds. The van der Waals surface area contributed by atoms with Crippen LogP contribution in [0, 0.1) is 0 Å². The molecule has 0 fully saturated rings. The smallest absolute Gasteiger partial charge is 0.0692 e. The first-order valence-electron chi connectivity index (χ1n) is 4.51. The quantitative estimate of drug-likeness (QED) is 0.749. The average molecular weight is 208 g/mol. The Morgan fingerprint density at radius 2 is 2.50 bits per heavy atom. The molecule has 1 N–H and O–H groups in total. The van der Waals surface area contributed by atoms with Gasteiger partial charge in [-0.2, -0.15) is 11.3 Å². The zero-order valence-corrected chi connectivity index (χ0v) is 8.57. The van der Waals surface area contributed by atoms with Gasteiger partial charge in [-0.1, -0.05) is 5.21 Å². The molecule has 0 aromatic carbocycles. The molecule has 74 valence electrons. The summed E-state index contributed by atoms with van der Waals surface area (Å²) in [6.45, 7) is 2.71. The van der Waals surface area contributed by atoms with Gasteiger partial charge in [0.15, 0.2) is 0 Å². The monoisotopic (exact) mass is 208 g/mol. The second-order valence-corrected chi connectivity index (χ2v) is 3.75. The molecule has 0 spiro atoms. The first kappa shape index (κ1) is 9.36. The largest absolute Gasteiger partial charge is 0.311 e. The highest BCUT2D eigenvalue weighted by atomic mass is 32.1. The van der Waals surface area contributed by atoms with E-state index < -0.39 is 0 Å². The van der Waals surface area contributed by atoms with Crippen molar-refractivity contribution >= 4 is 11.3 Å². The zero-order valence-electron chi connectivity index (χ0n) is 7.76. The Labute approximate surface area is 86.6 Å². The maximum atomic E-state index is 3.88. The molecule has 0 saturated heterocycles. The summed E-state index contributed by atoms with van der Waals surface area (Å²) >= 11 is 1.73. The third-order valence-corrected chi connectivity index (χ3v) is 2.63. The van der Waals surface area contributed by atoms with E-state index in [-0.39, 0.29) is 0 Å². The van der Waals surface area contributed by atoms with Gasteiger partial charge in [-0.25, -0.2) is 0 Å². The molecular weight excluding hydrogens is 196 g/mol. The first-order chi connectivity index (χ1) is 6.95. The number of nitrogens with zero attached hydrogens (tertiary/aromatic N) is 3. The summed E-state index contributed by atoms with van der Waals surface area (Å²) in [7, 11) is 0. The Morgan fingerprint density at radius 3 is 3.21 bits per heavy atom. The Kier molecular flexibility index (Phi) is 3.26. The minimum absolute atomic E-state index is 0.865. The van der Waals surface area contributed by atoms with Gasteiger partial charge in [0, 0.05) is 19.3 Å². The predicted octanol–water partition coefficient (Wildman–Crippen LogP) is 1.13. The van der Waals surface area contributed by atoms with Crippen LogP contribution in [0.25, 0.3) is 0 Å². The SMILES string of the molecule is c1cn(CCNCc2ccsc2)nn1. The molecule has 0 aliphatic carbocycles. The Morgan fingerprint density at radius 1 is 1.50 bits per heavy atom. The van der Waals surface area contributed by atoms with Gasteiger partial charge in [0.25, 0.3) is 0 Å². The van der Waals surface area contributed by atoms with Gasteiger partial charge >= 0.3 is 0 Å². The fourth-order valence-electron chi connectivity index (χ4n) is 1.17. The van der Waals surface area contributed by atoms with Crippen molar-refractivity contribution in [1.82, 2.24) is 20.3 Å². The highest BCUT2D eigenvalue weighted by Gasteiger charge is 1.93. The van der Waals surface area contributed by atoms with Crippen LogP contribution in [0.4, 0.5) is 0 Å². The molecule has 14 heavy (non-hydrogen) atoms. The summed E-state index contributed by atoms with van der Waals surface area (Å²) in [4.78, 5) is 0. The van der Waals surface area contributed by atoms with Gasteiger partial charge in [0.05, 0.1) is 12.7 Å². The number of hydrogen-bond donors (Lipinski definition) is 1. The van der Waals surface area contributed by atoms with E-state index in [1.54, 1.807) is 17.5 Å². The van der Waals surface area contributed by atoms with E-state index in [9.17, 15) is 0 Å². The Balaban J connectivity index is 1.65. The summed E-state index contributed by atoms with van der Waals surface area (Å²) in [5, 5.41) is 15.2. The van der Waals surface area contributed by atoms with E-state index in [2.05, 4.69) is 32.5 Å². The maximum absolute atomic E-state index is 3.88. The minimum atomic E-state index is 0.865. The highest BCUT2D eigenvalue weighted by molar-refractivity contribution is 7.07. The van der Waals surface area contributed by atoms with Crippen molar-refractivity contribution in [2.75, 3.05) is 6.54 Å². The lowest BCUT2D eigenvalue weighted by atomic mass is 10.3. The minimum Gasteiger partial charge on any atom is -0.311 e. The molecule has 0 radical (unpaired) electrons. The van der Waals surface area contributed by atoms with E-state index in [0.717, 1.165) is 19.6 Å². The van der Waals surface area contributed by atoms with E-state index in [0.29, 0.717) is 0 Å². The number of aromatic nitrogens is 3. The van der Waals surface area contributed by atoms with Crippen LogP contribution in [-0.2, 0) is 13.1 Å². The van der Waals surface area contributed by atoms with E-state index in [1.807, 2.05) is 10.9 Å². The Hall–Kier alpha value is -1.20. The molecular formula is C9H12N4S. The van der Waals surface area contributed by atoms with Gasteiger partial charge < -0.3 is 5.32 Å². The van der Waals surface area contributed by atoms with Gasteiger partial charge in [0.2, 0.25) is 0 Å². The maximum Gasteiger partial charge on any atom is 0.0692 e. The fraction of sp³-hybridized carbons (Fsp3) is 0.333. The van der Waals surface area contributed by atoms with Crippen molar-refractivity contribution < 1.29 is 0 Å². The summed E-state index contributed by atoms with van der Waals surface area (Å²) in [5.74, 6) is 0. The van der Waals surface area contributed by atoms with Gasteiger partial charge in [-0.3, -0.25) is 4.68 Å². The van der Waals surface area contributed by atoms with Crippen LogP contribution in [0.5, 0.6) is 0 Å². The van der Waals surface area contributed by atoms with Crippen molar-refractivity contribution in [1.29, 1.82) is 0 Å². The van der Waals surface area contributed by atoms with Gasteiger partial charge in [-0.15, -0.1) is 5.10 Å². The topological polar surface area (TPSA) is 42.7 Å². The van der Waals surface area contributed by atoms with Crippen LogP contribution >= 0.6 is 11.3 Å². The van der Waals surface area contributed by atoms with Gasteiger partial charge in [-0.05, 0) is 22.4 Å². The molecule has 0 saturated carbocycles. The van der Waals surface area contributed by atoms with Crippen molar-refractivity contribution in [3.05, 3.63) is 34.8 Å². The normalized spacial score (nSPS) is 10.6. The molecule has 0 unspecified atom stereocenters. The second kappa shape index (κ2) is 4.88. The molecule has 2 heterocycles. The van der Waals surface area contributed by atoms with Crippen molar-refractivity contribution in [2.24, 2.45) is 0 Å². The lowest BCUT2D eigenvalue weighted by molar-refractivity contribution is 0.540. The lowest BCUT2D eigenvalue weighted by Crippen LogP contribution is -2.19. The molecule has 2 rings (SSSR count). The van der Waals surface area contributed by atoms with Crippen molar-refractivity contribution in [3.8, 4) is 0 Å². The van der Waals surface area contributed by atoms with E-state index >= 15 is 0 Å². The first-order valence-corrected chi connectivity index (χ1v) is 5.45. The van der Waals surface area contributed by atoms with Crippen molar-refractivity contribution in [3.63, 3.8) is 0 Å². The van der Waals surface area contributed by atoms with Crippen LogP contribution in [0.1, 0.15) is 5.56 Å². The zero-order chi connectivity index (χ0) is 9.64. The molecule has 2 aromatic rings. The summed E-state index contributed by atoms with van der Waals surface area (Å²) in [6.07, 6.45) is 3.56. The van der Waals surface area contributed by atoms with Crippen LogP contribution < -0.4 is 5.32 Å². The van der Waals surface area contributed by atoms with Crippen LogP contribution in [0.15, 0.2) is 29.2 Å². The van der Waals surface area contributed by atoms with E-state index in [4.69, 9.17) is 0 Å². The van der Waals surface area contributed by atoms with Crippen LogP contribution in [0.2, 0.25) is 0 Å².